The van der Waals surface area contributed by atoms with E-state index >= 15 is 0 Å². The highest BCUT2D eigenvalue weighted by Crippen LogP contribution is 2.20. The molecule has 1 rings (SSSR count). The highest BCUT2D eigenvalue weighted by Gasteiger charge is 2.00. The zero-order chi connectivity index (χ0) is 8.27. The van der Waals surface area contributed by atoms with Crippen molar-refractivity contribution < 1.29 is 0 Å². The molecule has 0 N–H and O–H groups in total. The lowest BCUT2D eigenvalue weighted by Crippen LogP contribution is -1.80. The van der Waals surface area contributed by atoms with Gasteiger partial charge in [0.05, 0.1) is 0 Å². The number of rotatable bonds is 1. The molecule has 0 nitrogen and oxygen atoms in total. The van der Waals surface area contributed by atoms with E-state index in [0.717, 1.165) is 5.33 Å². The third-order valence-corrected chi connectivity index (χ3v) is 2.65. The van der Waals surface area contributed by atoms with Gasteiger partial charge in [0, 0.05) is 9.81 Å². The molecule has 0 spiro atoms. The first-order valence-corrected chi connectivity index (χ1v) is 5.46. The Kier molecular flexibility index (Phi) is 3.60. The monoisotopic (exact) mass is 276 g/mol. The normalized spacial score (nSPS) is 24.1. The quantitative estimate of drug-likeness (QED) is 0.640. The molecule has 0 saturated heterocycles. The van der Waals surface area contributed by atoms with E-state index in [1.54, 1.807) is 0 Å². The second-order valence-electron chi connectivity index (χ2n) is 2.62. The Hall–Kier alpha value is 0.180. The first kappa shape index (κ1) is 9.27. The molecule has 0 aliphatic heterocycles. The van der Waals surface area contributed by atoms with Gasteiger partial charge in [0.25, 0.3) is 0 Å². The van der Waals surface area contributed by atoms with Crippen LogP contribution < -0.4 is 0 Å². The first-order chi connectivity index (χ1) is 5.22. The highest BCUT2D eigenvalue weighted by atomic mass is 79.9. The van der Waals surface area contributed by atoms with E-state index in [1.165, 1.54) is 10.1 Å². The smallest absolute Gasteiger partial charge is 0.0283 e. The molecular weight excluding hydrogens is 268 g/mol. The van der Waals surface area contributed by atoms with Gasteiger partial charge in [-0.2, -0.15) is 0 Å². The summed E-state index contributed by atoms with van der Waals surface area (Å²) < 4.78 is 1.17. The van der Waals surface area contributed by atoms with Gasteiger partial charge in [0.1, 0.15) is 0 Å². The molecule has 2 heteroatoms. The van der Waals surface area contributed by atoms with Crippen LogP contribution in [0.1, 0.15) is 6.92 Å². The third kappa shape index (κ3) is 2.96. The van der Waals surface area contributed by atoms with Crippen molar-refractivity contribution in [3.05, 3.63) is 34.4 Å². The van der Waals surface area contributed by atoms with Crippen LogP contribution in [0.15, 0.2) is 34.4 Å². The lowest BCUT2D eigenvalue weighted by molar-refractivity contribution is 0.941. The summed E-state index contributed by atoms with van der Waals surface area (Å²) in [7, 11) is 0. The molecule has 0 aromatic rings. The lowest BCUT2D eigenvalue weighted by atomic mass is 10.1. The fourth-order valence-corrected chi connectivity index (χ4v) is 2.00. The lowest BCUT2D eigenvalue weighted by Gasteiger charge is -1.93. The van der Waals surface area contributed by atoms with Crippen LogP contribution in [0.25, 0.3) is 0 Å². The molecular formula is C9H10Br2. The van der Waals surface area contributed by atoms with Crippen molar-refractivity contribution in [2.45, 2.75) is 6.92 Å². The Labute approximate surface area is 84.3 Å². The second-order valence-corrected chi connectivity index (χ2v) is 4.10. The van der Waals surface area contributed by atoms with Gasteiger partial charge in [-0.1, -0.05) is 57.0 Å². The van der Waals surface area contributed by atoms with E-state index in [0.29, 0.717) is 5.92 Å². The first-order valence-electron chi connectivity index (χ1n) is 3.54. The Morgan fingerprint density at radius 2 is 2.27 bits per heavy atom. The van der Waals surface area contributed by atoms with Crippen molar-refractivity contribution >= 4 is 31.9 Å². The predicted octanol–water partition coefficient (Wildman–Crippen LogP) is 3.79. The van der Waals surface area contributed by atoms with Gasteiger partial charge in [-0.25, -0.2) is 0 Å². The molecule has 1 aliphatic rings. The van der Waals surface area contributed by atoms with E-state index in [9.17, 15) is 0 Å². The fourth-order valence-electron chi connectivity index (χ4n) is 0.939. The second kappa shape index (κ2) is 4.27. The Bertz CT molecular complexity index is 224. The van der Waals surface area contributed by atoms with Crippen molar-refractivity contribution in [3.63, 3.8) is 0 Å². The summed E-state index contributed by atoms with van der Waals surface area (Å²) in [5.41, 5.74) is 1.30. The van der Waals surface area contributed by atoms with Crippen LogP contribution in [-0.4, -0.2) is 5.33 Å². The van der Waals surface area contributed by atoms with Gasteiger partial charge >= 0.3 is 0 Å². The van der Waals surface area contributed by atoms with Crippen molar-refractivity contribution in [2.75, 3.05) is 5.33 Å². The molecule has 0 bridgehead atoms. The summed E-state index contributed by atoms with van der Waals surface area (Å²) in [4.78, 5) is 0. The summed E-state index contributed by atoms with van der Waals surface area (Å²) in [5, 5.41) is 0.916. The minimum atomic E-state index is 0.525. The molecule has 0 radical (unpaired) electrons. The number of halogens is 2. The number of alkyl halides is 1. The maximum absolute atomic E-state index is 3.48. The van der Waals surface area contributed by atoms with Crippen LogP contribution in [0.4, 0.5) is 0 Å². The van der Waals surface area contributed by atoms with E-state index in [2.05, 4.69) is 63.1 Å². The predicted molar refractivity (Wildman–Crippen MR) is 57.2 cm³/mol. The minimum absolute atomic E-state index is 0.525. The summed E-state index contributed by atoms with van der Waals surface area (Å²) in [5.74, 6) is 0.525. The largest absolute Gasteiger partial charge is 0.0876 e. The molecule has 11 heavy (non-hydrogen) atoms. The Morgan fingerprint density at radius 1 is 1.55 bits per heavy atom. The van der Waals surface area contributed by atoms with Crippen LogP contribution in [0.5, 0.6) is 0 Å². The zero-order valence-electron chi connectivity index (χ0n) is 6.35. The van der Waals surface area contributed by atoms with Gasteiger partial charge in [0.15, 0.2) is 0 Å². The van der Waals surface area contributed by atoms with Crippen molar-refractivity contribution in [1.82, 2.24) is 0 Å². The number of hydrogen-bond donors (Lipinski definition) is 0. The molecule has 60 valence electrons. The van der Waals surface area contributed by atoms with Gasteiger partial charge in [-0.15, -0.1) is 0 Å². The van der Waals surface area contributed by atoms with Gasteiger partial charge in [-0.3, -0.25) is 0 Å². The third-order valence-electron chi connectivity index (χ3n) is 1.51. The zero-order valence-corrected chi connectivity index (χ0v) is 9.52. The molecule has 1 atom stereocenters. The van der Waals surface area contributed by atoms with Crippen molar-refractivity contribution in [1.29, 1.82) is 0 Å². The molecule has 0 aromatic heterocycles. The molecule has 0 amide bonds. The molecule has 0 fully saturated rings. The highest BCUT2D eigenvalue weighted by molar-refractivity contribution is 9.12. The van der Waals surface area contributed by atoms with Crippen molar-refractivity contribution in [3.8, 4) is 0 Å². The van der Waals surface area contributed by atoms with Crippen LogP contribution in [-0.2, 0) is 0 Å². The van der Waals surface area contributed by atoms with Crippen LogP contribution >= 0.6 is 31.9 Å². The van der Waals surface area contributed by atoms with Crippen molar-refractivity contribution in [2.24, 2.45) is 5.92 Å². The van der Waals surface area contributed by atoms with Crippen LogP contribution in [0, 0.1) is 5.92 Å². The summed E-state index contributed by atoms with van der Waals surface area (Å²) >= 11 is 6.91. The molecule has 0 aromatic carbocycles. The maximum Gasteiger partial charge on any atom is 0.0283 e. The topological polar surface area (TPSA) is 0 Å². The number of allylic oxidation sites excluding steroid dienone is 6. The van der Waals surface area contributed by atoms with E-state index in [4.69, 9.17) is 0 Å². The Morgan fingerprint density at radius 3 is 2.91 bits per heavy atom. The van der Waals surface area contributed by atoms with Gasteiger partial charge in [0.2, 0.25) is 0 Å². The van der Waals surface area contributed by atoms with E-state index < -0.39 is 0 Å². The molecule has 0 saturated carbocycles. The fraction of sp³-hybridized carbons (Fsp3) is 0.333. The Balaban J connectivity index is 2.85. The molecule has 0 heterocycles. The average Bonchev–Trinajstić information content (AvgIpc) is 2.11. The molecule has 1 unspecified atom stereocenters. The van der Waals surface area contributed by atoms with Crippen LogP contribution in [0.3, 0.4) is 0 Å². The van der Waals surface area contributed by atoms with Gasteiger partial charge in [-0.05, 0) is 17.6 Å². The van der Waals surface area contributed by atoms with Crippen LogP contribution in [0.2, 0.25) is 0 Å². The number of hydrogen-bond acceptors (Lipinski definition) is 0. The van der Waals surface area contributed by atoms with Gasteiger partial charge < -0.3 is 0 Å². The average molecular weight is 278 g/mol. The maximum atomic E-state index is 3.48. The summed E-state index contributed by atoms with van der Waals surface area (Å²) in [6, 6.07) is 0. The SMILES string of the molecule is CC1C=CC(CBr)=CC(Br)=C1. The summed E-state index contributed by atoms with van der Waals surface area (Å²) in [6.45, 7) is 2.17. The standard InChI is InChI=1S/C9H10Br2/c1-7-2-3-8(6-10)5-9(11)4-7/h2-5,7H,6H2,1H3. The van der Waals surface area contributed by atoms with E-state index in [1.807, 2.05) is 0 Å². The minimum Gasteiger partial charge on any atom is -0.0876 e. The summed E-state index contributed by atoms with van der Waals surface area (Å²) in [6.07, 6.45) is 8.67. The molecule has 1 aliphatic carbocycles. The van der Waals surface area contributed by atoms with E-state index in [-0.39, 0.29) is 0 Å².